The van der Waals surface area contributed by atoms with Gasteiger partial charge in [0.15, 0.2) is 0 Å². The molecule has 1 aliphatic rings. The second kappa shape index (κ2) is 9.79. The van der Waals surface area contributed by atoms with Crippen molar-refractivity contribution in [2.45, 2.75) is 11.8 Å². The summed E-state index contributed by atoms with van der Waals surface area (Å²) in [5.74, 6) is 0.934. The molecule has 0 atom stereocenters. The summed E-state index contributed by atoms with van der Waals surface area (Å²) in [7, 11) is 1.66. The van der Waals surface area contributed by atoms with Crippen LogP contribution < -0.4 is 14.4 Å². The third-order valence-corrected chi connectivity index (χ3v) is 6.33. The Labute approximate surface area is 188 Å². The van der Waals surface area contributed by atoms with Crippen LogP contribution in [0.15, 0.2) is 77.7 Å². The molecule has 1 heterocycles. The van der Waals surface area contributed by atoms with Crippen molar-refractivity contribution >= 4 is 29.2 Å². The van der Waals surface area contributed by atoms with Crippen molar-refractivity contribution in [2.75, 3.05) is 42.9 Å². The Kier molecular flexibility index (Phi) is 6.67. The van der Waals surface area contributed by atoms with E-state index >= 15 is 0 Å². The molecular formula is C25H27N3O2S. The van der Waals surface area contributed by atoms with Crippen molar-refractivity contribution in [3.63, 3.8) is 0 Å². The Balaban J connectivity index is 1.39. The van der Waals surface area contributed by atoms with E-state index < -0.39 is 0 Å². The number of anilines is 2. The number of nitrogens with one attached hydrogen (secondary N) is 1. The van der Waals surface area contributed by atoms with E-state index in [1.165, 1.54) is 17.6 Å². The number of hydrogen-bond donors (Lipinski definition) is 1. The number of para-hydroxylation sites is 1. The molecule has 1 N–H and O–H groups in total. The lowest BCUT2D eigenvalue weighted by Crippen LogP contribution is -2.48. The number of nitrogens with zero attached hydrogens (tertiary/aromatic N) is 2. The maximum absolute atomic E-state index is 13.2. The fourth-order valence-electron chi connectivity index (χ4n) is 3.65. The van der Waals surface area contributed by atoms with Gasteiger partial charge in [0.1, 0.15) is 5.75 Å². The Morgan fingerprint density at radius 1 is 0.935 bits per heavy atom. The van der Waals surface area contributed by atoms with Gasteiger partial charge in [-0.1, -0.05) is 24.3 Å². The molecule has 160 valence electrons. The van der Waals surface area contributed by atoms with Crippen LogP contribution in [0, 0.1) is 6.92 Å². The van der Waals surface area contributed by atoms with Crippen LogP contribution in [-0.2, 0) is 0 Å². The van der Waals surface area contributed by atoms with E-state index in [-0.39, 0.29) is 5.91 Å². The van der Waals surface area contributed by atoms with Gasteiger partial charge in [-0.25, -0.2) is 0 Å². The maximum atomic E-state index is 13.2. The average Bonchev–Trinajstić information content (AvgIpc) is 2.84. The highest BCUT2D eigenvalue weighted by Gasteiger charge is 2.23. The van der Waals surface area contributed by atoms with Crippen LogP contribution in [-0.4, -0.2) is 44.1 Å². The minimum Gasteiger partial charge on any atom is -0.497 e. The number of aryl methyl sites for hydroxylation is 1. The predicted molar refractivity (Wildman–Crippen MR) is 128 cm³/mol. The van der Waals surface area contributed by atoms with Gasteiger partial charge in [-0.2, -0.15) is 0 Å². The van der Waals surface area contributed by atoms with Gasteiger partial charge in [0.05, 0.1) is 7.11 Å². The summed E-state index contributed by atoms with van der Waals surface area (Å²) in [6, 6.07) is 24.2. The van der Waals surface area contributed by atoms with Gasteiger partial charge in [-0.3, -0.25) is 4.79 Å². The minimum absolute atomic E-state index is 0.108. The molecule has 0 saturated carbocycles. The highest BCUT2D eigenvalue weighted by Crippen LogP contribution is 2.26. The highest BCUT2D eigenvalue weighted by atomic mass is 32.2. The number of benzene rings is 3. The van der Waals surface area contributed by atoms with Gasteiger partial charge in [-0.15, -0.1) is 0 Å². The van der Waals surface area contributed by atoms with E-state index in [0.717, 1.165) is 53.6 Å². The van der Waals surface area contributed by atoms with Gasteiger partial charge in [0, 0.05) is 48.0 Å². The average molecular weight is 434 g/mol. The monoisotopic (exact) mass is 433 g/mol. The van der Waals surface area contributed by atoms with E-state index in [1.54, 1.807) is 7.11 Å². The molecule has 3 aromatic carbocycles. The van der Waals surface area contributed by atoms with Crippen LogP contribution in [0.5, 0.6) is 5.75 Å². The summed E-state index contributed by atoms with van der Waals surface area (Å²) < 4.78 is 8.53. The molecule has 0 unspecified atom stereocenters. The van der Waals surface area contributed by atoms with Gasteiger partial charge in [-0.05, 0) is 73.0 Å². The molecule has 0 bridgehead atoms. The summed E-state index contributed by atoms with van der Waals surface area (Å²) in [4.78, 5) is 18.5. The second-order valence-electron chi connectivity index (χ2n) is 7.52. The lowest BCUT2D eigenvalue weighted by Gasteiger charge is -2.36. The number of piperazine rings is 1. The van der Waals surface area contributed by atoms with Crippen LogP contribution in [0.25, 0.3) is 0 Å². The molecule has 0 spiro atoms. The molecule has 0 radical (unpaired) electrons. The van der Waals surface area contributed by atoms with E-state index in [2.05, 4.69) is 33.9 Å². The van der Waals surface area contributed by atoms with Crippen LogP contribution in [0.4, 0.5) is 11.4 Å². The van der Waals surface area contributed by atoms with Gasteiger partial charge >= 0.3 is 0 Å². The van der Waals surface area contributed by atoms with Crippen molar-refractivity contribution in [1.29, 1.82) is 0 Å². The molecule has 1 fully saturated rings. The van der Waals surface area contributed by atoms with Gasteiger partial charge in [0.2, 0.25) is 0 Å². The number of methoxy groups -OCH3 is 1. The van der Waals surface area contributed by atoms with Crippen molar-refractivity contribution < 1.29 is 9.53 Å². The van der Waals surface area contributed by atoms with Crippen LogP contribution >= 0.6 is 11.9 Å². The molecule has 0 aliphatic carbocycles. The predicted octanol–water partition coefficient (Wildman–Crippen LogP) is 5.09. The lowest BCUT2D eigenvalue weighted by atomic mass is 10.1. The highest BCUT2D eigenvalue weighted by molar-refractivity contribution is 8.00. The first kappa shape index (κ1) is 21.1. The Morgan fingerprint density at radius 2 is 1.65 bits per heavy atom. The smallest absolute Gasteiger partial charge is 0.254 e. The quantitative estimate of drug-likeness (QED) is 0.549. The topological polar surface area (TPSA) is 44.8 Å². The number of rotatable bonds is 6. The molecule has 3 aromatic rings. The first-order valence-electron chi connectivity index (χ1n) is 10.4. The van der Waals surface area contributed by atoms with E-state index in [4.69, 9.17) is 4.74 Å². The fraction of sp³-hybridized carbons (Fsp3) is 0.240. The number of carbonyl (C=O) groups is 1. The third kappa shape index (κ3) is 5.14. The van der Waals surface area contributed by atoms with Crippen LogP contribution in [0.2, 0.25) is 0 Å². The molecule has 5 nitrogen and oxygen atoms in total. The molecule has 1 saturated heterocycles. The van der Waals surface area contributed by atoms with Crippen molar-refractivity contribution in [2.24, 2.45) is 0 Å². The van der Waals surface area contributed by atoms with Crippen molar-refractivity contribution in [3.05, 3.63) is 83.9 Å². The van der Waals surface area contributed by atoms with Gasteiger partial charge in [0.25, 0.3) is 5.91 Å². The van der Waals surface area contributed by atoms with E-state index in [0.29, 0.717) is 0 Å². The fourth-order valence-corrected chi connectivity index (χ4v) is 4.33. The molecule has 1 aliphatic heterocycles. The summed E-state index contributed by atoms with van der Waals surface area (Å²) in [6.45, 7) is 5.16. The molecule has 1 amide bonds. The Morgan fingerprint density at radius 3 is 2.32 bits per heavy atom. The normalized spacial score (nSPS) is 13.7. The first-order valence-corrected chi connectivity index (χ1v) is 11.2. The number of ether oxygens (including phenoxy) is 1. The maximum Gasteiger partial charge on any atom is 0.254 e. The number of amides is 1. The summed E-state index contributed by atoms with van der Waals surface area (Å²) in [5, 5.41) is 0. The lowest BCUT2D eigenvalue weighted by molar-refractivity contribution is 0.0746. The summed E-state index contributed by atoms with van der Waals surface area (Å²) in [6.07, 6.45) is 0. The third-order valence-electron chi connectivity index (χ3n) is 5.50. The SMILES string of the molecule is COc1ccc(NSc2ccc(C)c(C(=O)N3CCN(c4ccccc4)CC3)c2)cc1. The number of carbonyl (C=O) groups excluding carboxylic acids is 1. The molecule has 31 heavy (non-hydrogen) atoms. The van der Waals surface area contributed by atoms with E-state index in [9.17, 15) is 4.79 Å². The van der Waals surface area contributed by atoms with Crippen molar-refractivity contribution in [1.82, 2.24) is 4.90 Å². The second-order valence-corrected chi connectivity index (χ2v) is 8.40. The molecule has 6 heteroatoms. The zero-order chi connectivity index (χ0) is 21.6. The Bertz CT molecular complexity index is 1020. The summed E-state index contributed by atoms with van der Waals surface area (Å²) in [5.41, 5.74) is 3.98. The van der Waals surface area contributed by atoms with E-state index in [1.807, 2.05) is 60.4 Å². The summed E-state index contributed by atoms with van der Waals surface area (Å²) >= 11 is 1.50. The zero-order valence-electron chi connectivity index (χ0n) is 17.9. The molecule has 0 aromatic heterocycles. The number of hydrogen-bond acceptors (Lipinski definition) is 5. The van der Waals surface area contributed by atoms with Crippen molar-refractivity contribution in [3.8, 4) is 5.75 Å². The minimum atomic E-state index is 0.108. The molecule has 4 rings (SSSR count). The van der Waals surface area contributed by atoms with Gasteiger partial charge < -0.3 is 19.3 Å². The van der Waals surface area contributed by atoms with Crippen LogP contribution in [0.1, 0.15) is 15.9 Å². The molecular weight excluding hydrogens is 406 g/mol. The standard InChI is InChI=1S/C25H27N3O2S/c1-19-8-13-23(31-26-20-9-11-22(30-2)12-10-20)18-24(19)25(29)28-16-14-27(15-17-28)21-6-4-3-5-7-21/h3-13,18,26H,14-17H2,1-2H3. The Hall–Kier alpha value is -3.12. The largest absolute Gasteiger partial charge is 0.497 e. The first-order chi connectivity index (χ1) is 15.1. The van der Waals surface area contributed by atoms with Crippen LogP contribution in [0.3, 0.4) is 0 Å². The zero-order valence-corrected chi connectivity index (χ0v) is 18.7.